The molecule has 6 heteroatoms. The summed E-state index contributed by atoms with van der Waals surface area (Å²) in [6, 6.07) is 7.74. The zero-order valence-electron chi connectivity index (χ0n) is 13.0. The molecule has 0 aliphatic heterocycles. The maximum atomic E-state index is 12.3. The van der Waals surface area contributed by atoms with E-state index >= 15 is 0 Å². The van der Waals surface area contributed by atoms with E-state index in [1.807, 2.05) is 38.1 Å². The van der Waals surface area contributed by atoms with Gasteiger partial charge in [0.2, 0.25) is 0 Å². The van der Waals surface area contributed by atoms with E-state index in [-0.39, 0.29) is 11.9 Å². The first-order chi connectivity index (χ1) is 11.1. The molecule has 0 radical (unpaired) electrons. The maximum Gasteiger partial charge on any atom is 0.260 e. The van der Waals surface area contributed by atoms with Gasteiger partial charge < -0.3 is 5.32 Å². The average Bonchev–Trinajstić information content (AvgIpc) is 3.06. The molecule has 3 aromatic rings. The van der Waals surface area contributed by atoms with E-state index in [9.17, 15) is 4.79 Å². The zero-order valence-corrected chi connectivity index (χ0v) is 13.0. The number of carbonyl (C=O) groups is 1. The van der Waals surface area contributed by atoms with E-state index in [1.165, 1.54) is 0 Å². The quantitative estimate of drug-likeness (QED) is 0.803. The molecule has 116 valence electrons. The molecule has 0 aliphatic rings. The molecule has 0 saturated carbocycles. The van der Waals surface area contributed by atoms with Crippen LogP contribution in [0.15, 0.2) is 55.2 Å². The molecule has 3 heterocycles. The van der Waals surface area contributed by atoms with Gasteiger partial charge in [0.15, 0.2) is 0 Å². The monoisotopic (exact) mass is 307 g/mol. The second-order valence-corrected chi connectivity index (χ2v) is 5.43. The molecule has 0 aromatic carbocycles. The fourth-order valence-electron chi connectivity index (χ4n) is 2.14. The van der Waals surface area contributed by atoms with Crippen LogP contribution in [0.2, 0.25) is 0 Å². The molecule has 1 amide bonds. The molecule has 0 saturated heterocycles. The fourth-order valence-corrected chi connectivity index (χ4v) is 2.14. The molecule has 3 aromatic heterocycles. The van der Waals surface area contributed by atoms with Crippen LogP contribution in [0.4, 0.5) is 5.82 Å². The van der Waals surface area contributed by atoms with Gasteiger partial charge in [0.1, 0.15) is 5.82 Å². The molecule has 0 unspecified atom stereocenters. The Labute approximate surface area is 134 Å². The van der Waals surface area contributed by atoms with Crippen molar-refractivity contribution in [3.05, 3.63) is 60.8 Å². The molecule has 3 rings (SSSR count). The van der Waals surface area contributed by atoms with Crippen molar-refractivity contribution in [2.24, 2.45) is 0 Å². The van der Waals surface area contributed by atoms with Crippen molar-refractivity contribution >= 4 is 11.7 Å². The third-order valence-electron chi connectivity index (χ3n) is 3.39. The van der Waals surface area contributed by atoms with Gasteiger partial charge in [0, 0.05) is 36.4 Å². The summed E-state index contributed by atoms with van der Waals surface area (Å²) in [6.07, 6.45) is 8.44. The smallest absolute Gasteiger partial charge is 0.260 e. The van der Waals surface area contributed by atoms with Crippen molar-refractivity contribution in [3.63, 3.8) is 0 Å². The van der Waals surface area contributed by atoms with E-state index in [1.54, 1.807) is 35.7 Å². The van der Waals surface area contributed by atoms with Gasteiger partial charge in [0.25, 0.3) is 5.91 Å². The molecule has 0 fully saturated rings. The Kier molecular flexibility index (Phi) is 4.14. The number of hydrogen-bond donors (Lipinski definition) is 1. The van der Waals surface area contributed by atoms with Gasteiger partial charge in [-0.3, -0.25) is 14.5 Å². The highest BCUT2D eigenvalue weighted by Gasteiger charge is 2.11. The summed E-state index contributed by atoms with van der Waals surface area (Å²) in [5.41, 5.74) is 2.42. The number of aromatic nitrogens is 4. The molecule has 23 heavy (non-hydrogen) atoms. The Bertz CT molecular complexity index is 811. The van der Waals surface area contributed by atoms with Gasteiger partial charge in [-0.15, -0.1) is 0 Å². The van der Waals surface area contributed by atoms with E-state index in [4.69, 9.17) is 0 Å². The minimum absolute atomic E-state index is 0.212. The fraction of sp³-hybridized carbons (Fsp3) is 0.176. The van der Waals surface area contributed by atoms with Crippen molar-refractivity contribution in [1.29, 1.82) is 0 Å². The van der Waals surface area contributed by atoms with E-state index < -0.39 is 0 Å². The highest BCUT2D eigenvalue weighted by atomic mass is 16.1. The van der Waals surface area contributed by atoms with Gasteiger partial charge in [-0.05, 0) is 37.6 Å². The molecule has 0 spiro atoms. The molecular formula is C17H17N5O. The number of pyridine rings is 2. The number of amides is 1. The molecule has 0 aliphatic carbocycles. The van der Waals surface area contributed by atoms with Crippen molar-refractivity contribution < 1.29 is 4.79 Å². The van der Waals surface area contributed by atoms with E-state index in [2.05, 4.69) is 20.4 Å². The third-order valence-corrected chi connectivity index (χ3v) is 3.39. The molecule has 1 N–H and O–H groups in total. The Balaban J connectivity index is 1.78. The van der Waals surface area contributed by atoms with Crippen molar-refractivity contribution in [2.45, 2.75) is 19.9 Å². The normalized spacial score (nSPS) is 10.7. The highest BCUT2D eigenvalue weighted by molar-refractivity contribution is 6.03. The highest BCUT2D eigenvalue weighted by Crippen LogP contribution is 2.20. The summed E-state index contributed by atoms with van der Waals surface area (Å²) >= 11 is 0. The largest absolute Gasteiger partial charge is 0.306 e. The number of hydrogen-bond acceptors (Lipinski definition) is 4. The summed E-state index contributed by atoms with van der Waals surface area (Å²) in [5.74, 6) is 0.265. The summed E-state index contributed by atoms with van der Waals surface area (Å²) in [5, 5.41) is 6.97. The van der Waals surface area contributed by atoms with Crippen LogP contribution in [0.3, 0.4) is 0 Å². The molecular weight excluding hydrogens is 290 g/mol. The summed E-state index contributed by atoms with van der Waals surface area (Å²) < 4.78 is 1.74. The molecule has 0 bridgehead atoms. The van der Waals surface area contributed by atoms with Crippen LogP contribution in [0, 0.1) is 0 Å². The van der Waals surface area contributed by atoms with Gasteiger partial charge in [-0.25, -0.2) is 4.98 Å². The van der Waals surface area contributed by atoms with E-state index in [0.29, 0.717) is 11.4 Å². The first-order valence-electron chi connectivity index (χ1n) is 7.35. The van der Waals surface area contributed by atoms with Crippen LogP contribution in [0.1, 0.15) is 30.2 Å². The lowest BCUT2D eigenvalue weighted by Crippen LogP contribution is -2.12. The minimum Gasteiger partial charge on any atom is -0.306 e. The van der Waals surface area contributed by atoms with Gasteiger partial charge in [0.05, 0.1) is 11.8 Å². The standard InChI is InChI=1S/C17H17N5O/c1-12(2)22-11-15(10-20-22)17(23)21-16-8-13(5-7-19-16)14-4-3-6-18-9-14/h3-12H,1-2H3,(H,19,21,23). The number of nitrogens with zero attached hydrogens (tertiary/aromatic N) is 4. The summed E-state index contributed by atoms with van der Waals surface area (Å²) in [4.78, 5) is 20.6. The maximum absolute atomic E-state index is 12.3. The third kappa shape index (κ3) is 3.42. The number of nitrogens with one attached hydrogen (secondary N) is 1. The predicted molar refractivity (Wildman–Crippen MR) is 88.0 cm³/mol. The van der Waals surface area contributed by atoms with Crippen LogP contribution in [0.5, 0.6) is 0 Å². The topological polar surface area (TPSA) is 72.7 Å². The Morgan fingerprint density at radius 1 is 1.17 bits per heavy atom. The Hall–Kier alpha value is -3.02. The summed E-state index contributed by atoms with van der Waals surface area (Å²) in [6.45, 7) is 4.02. The van der Waals surface area contributed by atoms with Crippen molar-refractivity contribution in [1.82, 2.24) is 19.7 Å². The SMILES string of the molecule is CC(C)n1cc(C(=O)Nc2cc(-c3cccnc3)ccn2)cn1. The number of carbonyl (C=O) groups excluding carboxylic acids is 1. The first-order valence-corrected chi connectivity index (χ1v) is 7.35. The van der Waals surface area contributed by atoms with Gasteiger partial charge in [-0.1, -0.05) is 6.07 Å². The van der Waals surface area contributed by atoms with Crippen molar-refractivity contribution in [2.75, 3.05) is 5.32 Å². The van der Waals surface area contributed by atoms with Crippen LogP contribution in [0.25, 0.3) is 11.1 Å². The van der Waals surface area contributed by atoms with Crippen molar-refractivity contribution in [3.8, 4) is 11.1 Å². The second kappa shape index (κ2) is 6.39. The predicted octanol–water partition coefficient (Wildman–Crippen LogP) is 3.17. The number of rotatable bonds is 4. The lowest BCUT2D eigenvalue weighted by Gasteiger charge is -2.06. The summed E-state index contributed by atoms with van der Waals surface area (Å²) in [7, 11) is 0. The Morgan fingerprint density at radius 2 is 2.04 bits per heavy atom. The molecule has 6 nitrogen and oxygen atoms in total. The second-order valence-electron chi connectivity index (χ2n) is 5.43. The van der Waals surface area contributed by atoms with E-state index in [0.717, 1.165) is 11.1 Å². The van der Waals surface area contributed by atoms with Crippen LogP contribution in [-0.4, -0.2) is 25.7 Å². The Morgan fingerprint density at radius 3 is 2.74 bits per heavy atom. The average molecular weight is 307 g/mol. The van der Waals surface area contributed by atoms with Crippen LogP contribution < -0.4 is 5.32 Å². The number of anilines is 1. The van der Waals surface area contributed by atoms with Crippen LogP contribution >= 0.6 is 0 Å². The van der Waals surface area contributed by atoms with Gasteiger partial charge >= 0.3 is 0 Å². The van der Waals surface area contributed by atoms with Gasteiger partial charge in [-0.2, -0.15) is 5.10 Å². The lowest BCUT2D eigenvalue weighted by atomic mass is 10.1. The lowest BCUT2D eigenvalue weighted by molar-refractivity contribution is 0.102. The minimum atomic E-state index is -0.229. The molecule has 0 atom stereocenters. The zero-order chi connectivity index (χ0) is 16.2. The first kappa shape index (κ1) is 14.9. The van der Waals surface area contributed by atoms with Crippen LogP contribution in [-0.2, 0) is 0 Å².